The van der Waals surface area contributed by atoms with Gasteiger partial charge in [0.15, 0.2) is 8.32 Å². The smallest absolute Gasteiger partial charge is 0.331 e. The van der Waals surface area contributed by atoms with Crippen molar-refractivity contribution in [2.24, 2.45) is 12.5 Å². The Morgan fingerprint density at radius 1 is 1.35 bits per heavy atom. The zero-order valence-corrected chi connectivity index (χ0v) is 18.2. The molecule has 146 valence electrons. The number of rotatable bonds is 4. The Labute approximate surface area is 155 Å². The fraction of sp³-hybridized carbons (Fsp3) is 0.765. The number of hydrogen-bond acceptors (Lipinski definition) is 5. The summed E-state index contributed by atoms with van der Waals surface area (Å²) in [4.78, 5) is 25.5. The third kappa shape index (κ3) is 3.18. The lowest BCUT2D eigenvalue weighted by atomic mass is 9.87. The number of carbonyl (C=O) groups excluding carboxylic acids is 1. The second-order valence-corrected chi connectivity index (χ2v) is 14.0. The average molecular weight is 383 g/mol. The molecule has 2 heterocycles. The van der Waals surface area contributed by atoms with Crippen molar-refractivity contribution in [2.75, 3.05) is 4.90 Å². The second kappa shape index (κ2) is 6.16. The average Bonchev–Trinajstić information content (AvgIpc) is 2.91. The lowest BCUT2D eigenvalue weighted by Gasteiger charge is -2.42. The fourth-order valence-corrected chi connectivity index (χ4v) is 4.63. The van der Waals surface area contributed by atoms with Crippen LogP contribution < -0.4 is 4.90 Å². The molecule has 1 aromatic rings. The molecular weight excluding hydrogens is 352 g/mol. The molecule has 0 N–H and O–H groups in total. The van der Waals surface area contributed by atoms with Gasteiger partial charge in [-0.05, 0) is 38.9 Å². The summed E-state index contributed by atoms with van der Waals surface area (Å²) in [6, 6.07) is -0.347. The molecule has 0 aromatic carbocycles. The van der Waals surface area contributed by atoms with E-state index in [2.05, 4.69) is 39.0 Å². The van der Waals surface area contributed by atoms with Crippen LogP contribution in [0, 0.1) is 15.5 Å². The van der Waals surface area contributed by atoms with Crippen molar-refractivity contribution in [3.8, 4) is 0 Å². The highest BCUT2D eigenvalue weighted by atomic mass is 28.4. The van der Waals surface area contributed by atoms with Gasteiger partial charge in [0.1, 0.15) is 6.20 Å². The summed E-state index contributed by atoms with van der Waals surface area (Å²) in [5.74, 6) is -0.111. The number of nitro groups is 1. The molecule has 0 radical (unpaired) electrons. The highest BCUT2D eigenvalue weighted by molar-refractivity contribution is 6.74. The van der Waals surface area contributed by atoms with Crippen LogP contribution in [-0.4, -0.2) is 41.1 Å². The van der Waals surface area contributed by atoms with Crippen LogP contribution in [0.4, 0.5) is 11.5 Å². The van der Waals surface area contributed by atoms with Crippen LogP contribution in [0.1, 0.15) is 41.5 Å². The van der Waals surface area contributed by atoms with Crippen molar-refractivity contribution in [1.82, 2.24) is 9.78 Å². The van der Waals surface area contributed by atoms with Crippen molar-refractivity contribution in [3.63, 3.8) is 0 Å². The predicted molar refractivity (Wildman–Crippen MR) is 103 cm³/mol. The molecule has 1 saturated heterocycles. The van der Waals surface area contributed by atoms with Crippen LogP contribution in [0.25, 0.3) is 0 Å². The largest absolute Gasteiger partial charge is 0.411 e. The maximum absolute atomic E-state index is 13.2. The molecule has 1 amide bonds. The highest BCUT2D eigenvalue weighted by Gasteiger charge is 2.57. The van der Waals surface area contributed by atoms with E-state index in [0.29, 0.717) is 0 Å². The Morgan fingerprint density at radius 3 is 2.35 bits per heavy atom. The van der Waals surface area contributed by atoms with Gasteiger partial charge in [-0.15, -0.1) is 5.10 Å². The van der Waals surface area contributed by atoms with E-state index in [9.17, 15) is 14.9 Å². The van der Waals surface area contributed by atoms with Crippen LogP contribution in [0.5, 0.6) is 0 Å². The van der Waals surface area contributed by atoms with Crippen LogP contribution >= 0.6 is 0 Å². The molecule has 1 unspecified atom stereocenters. The van der Waals surface area contributed by atoms with E-state index in [1.165, 1.54) is 15.8 Å². The quantitative estimate of drug-likeness (QED) is 0.452. The lowest BCUT2D eigenvalue weighted by molar-refractivity contribution is -0.384. The van der Waals surface area contributed by atoms with Crippen molar-refractivity contribution < 1.29 is 14.1 Å². The minimum absolute atomic E-state index is 0.00371. The number of carbonyl (C=O) groups is 1. The summed E-state index contributed by atoms with van der Waals surface area (Å²) in [5, 5.41) is 15.6. The molecule has 0 spiro atoms. The molecule has 2 atom stereocenters. The molecule has 2 rings (SSSR count). The predicted octanol–water partition coefficient (Wildman–Crippen LogP) is 3.48. The van der Waals surface area contributed by atoms with E-state index in [1.807, 2.05) is 20.8 Å². The van der Waals surface area contributed by atoms with E-state index < -0.39 is 18.7 Å². The van der Waals surface area contributed by atoms with Gasteiger partial charge in [0.05, 0.1) is 22.5 Å². The molecule has 9 heteroatoms. The Bertz CT molecular complexity index is 736. The molecule has 0 saturated carbocycles. The minimum atomic E-state index is -2.13. The van der Waals surface area contributed by atoms with Crippen LogP contribution in [0.15, 0.2) is 6.20 Å². The van der Waals surface area contributed by atoms with E-state index in [1.54, 1.807) is 7.05 Å². The molecule has 1 aliphatic rings. The number of aryl methyl sites for hydroxylation is 1. The third-order valence-corrected chi connectivity index (χ3v) is 10.2. The van der Waals surface area contributed by atoms with Gasteiger partial charge in [-0.25, -0.2) is 0 Å². The van der Waals surface area contributed by atoms with Gasteiger partial charge in [-0.3, -0.25) is 24.5 Å². The number of aromatic nitrogens is 2. The van der Waals surface area contributed by atoms with Gasteiger partial charge < -0.3 is 4.43 Å². The molecule has 26 heavy (non-hydrogen) atoms. The minimum Gasteiger partial charge on any atom is -0.411 e. The first kappa shape index (κ1) is 20.6. The first-order valence-corrected chi connectivity index (χ1v) is 11.7. The first-order chi connectivity index (χ1) is 11.6. The maximum Gasteiger partial charge on any atom is 0.331 e. The van der Waals surface area contributed by atoms with Gasteiger partial charge in [0, 0.05) is 7.05 Å². The molecular formula is C17H30N4O4Si. The Kier molecular flexibility index (Phi) is 4.87. The topological polar surface area (TPSA) is 90.5 Å². The Balaban J connectivity index is 2.48. The molecule has 1 aromatic heterocycles. The summed E-state index contributed by atoms with van der Waals surface area (Å²) >= 11 is 0. The van der Waals surface area contributed by atoms with Crippen LogP contribution in [-0.2, 0) is 16.3 Å². The first-order valence-electron chi connectivity index (χ1n) is 8.81. The molecule has 1 fully saturated rings. The Hall–Kier alpha value is -1.74. The van der Waals surface area contributed by atoms with E-state index in [-0.39, 0.29) is 34.6 Å². The zero-order chi connectivity index (χ0) is 20.2. The van der Waals surface area contributed by atoms with Crippen molar-refractivity contribution in [2.45, 2.75) is 71.8 Å². The van der Waals surface area contributed by atoms with Gasteiger partial charge in [0.2, 0.25) is 11.7 Å². The third-order valence-electron chi connectivity index (χ3n) is 5.77. The maximum atomic E-state index is 13.2. The van der Waals surface area contributed by atoms with Gasteiger partial charge >= 0.3 is 5.69 Å². The van der Waals surface area contributed by atoms with Crippen LogP contribution in [0.2, 0.25) is 18.1 Å². The van der Waals surface area contributed by atoms with Gasteiger partial charge in [0.25, 0.3) is 0 Å². The zero-order valence-electron chi connectivity index (χ0n) is 17.2. The molecule has 1 aliphatic heterocycles. The van der Waals surface area contributed by atoms with Crippen molar-refractivity contribution in [1.29, 1.82) is 0 Å². The second-order valence-electron chi connectivity index (χ2n) is 9.20. The summed E-state index contributed by atoms with van der Waals surface area (Å²) in [6.07, 6.45) is 0.960. The SMILES string of the molecule is C[C@H]1C(O[Si](C)(C)C(C)(C)C)C(C)(C)C(=O)N1c1nn(C)cc1[N+](=O)[O-]. The summed E-state index contributed by atoms with van der Waals surface area (Å²) in [7, 11) is -0.522. The Morgan fingerprint density at radius 2 is 1.88 bits per heavy atom. The number of anilines is 1. The van der Waals surface area contributed by atoms with E-state index in [4.69, 9.17) is 4.43 Å². The lowest BCUT2D eigenvalue weighted by Crippen LogP contribution is -2.49. The van der Waals surface area contributed by atoms with Gasteiger partial charge in [-0.2, -0.15) is 0 Å². The molecule has 0 bridgehead atoms. The standard InChI is InChI=1S/C17H30N4O4Si/c1-11-13(25-26(8,9)16(2,3)4)17(5,6)15(22)20(11)14-12(21(23)24)10-19(7)18-14/h10-11,13H,1-9H3/t11-,13?/m0/s1. The summed E-state index contributed by atoms with van der Waals surface area (Å²) in [6.45, 7) is 16.3. The van der Waals surface area contributed by atoms with Crippen LogP contribution in [0.3, 0.4) is 0 Å². The van der Waals surface area contributed by atoms with E-state index >= 15 is 0 Å². The summed E-state index contributed by atoms with van der Waals surface area (Å²) in [5.41, 5.74) is -0.961. The van der Waals surface area contributed by atoms with Crippen molar-refractivity contribution >= 4 is 25.7 Å². The number of nitrogens with zero attached hydrogens (tertiary/aromatic N) is 4. The van der Waals surface area contributed by atoms with Crippen molar-refractivity contribution in [3.05, 3.63) is 16.3 Å². The number of hydrogen-bond donors (Lipinski definition) is 0. The number of amides is 1. The summed E-state index contributed by atoms with van der Waals surface area (Å²) < 4.78 is 7.96. The molecule has 8 nitrogen and oxygen atoms in total. The highest BCUT2D eigenvalue weighted by Crippen LogP contribution is 2.46. The molecule has 0 aliphatic carbocycles. The normalized spacial score (nSPS) is 23.6. The van der Waals surface area contributed by atoms with Gasteiger partial charge in [-0.1, -0.05) is 20.8 Å². The monoisotopic (exact) mass is 382 g/mol. The van der Waals surface area contributed by atoms with E-state index in [0.717, 1.165) is 0 Å². The fourth-order valence-electron chi connectivity index (χ4n) is 3.15.